The summed E-state index contributed by atoms with van der Waals surface area (Å²) in [4.78, 5) is 30.2. The Balaban J connectivity index is 1.74. The van der Waals surface area contributed by atoms with Crippen LogP contribution in [0.4, 0.5) is 0 Å². The Labute approximate surface area is 231 Å². The summed E-state index contributed by atoms with van der Waals surface area (Å²) in [5.74, 6) is 0.00881. The second-order valence-electron chi connectivity index (χ2n) is 9.74. The van der Waals surface area contributed by atoms with Gasteiger partial charge in [-0.25, -0.2) is 0 Å². The molecule has 2 aromatic carbocycles. The lowest BCUT2D eigenvalue weighted by Crippen LogP contribution is -2.44. The molecule has 0 saturated heterocycles. The Morgan fingerprint density at radius 1 is 1.00 bits per heavy atom. The number of hydrogen-bond donors (Lipinski definition) is 0. The van der Waals surface area contributed by atoms with Crippen LogP contribution in [0.25, 0.3) is 6.08 Å². The average Bonchev–Trinajstić information content (AvgIpc) is 3.34. The van der Waals surface area contributed by atoms with Crippen molar-refractivity contribution in [1.82, 2.24) is 14.4 Å². The fourth-order valence-corrected chi connectivity index (χ4v) is 4.41. The van der Waals surface area contributed by atoms with Gasteiger partial charge in [0.25, 0.3) is 0 Å². The van der Waals surface area contributed by atoms with Crippen LogP contribution in [0.5, 0.6) is 0 Å². The minimum atomic E-state index is -0.190. The van der Waals surface area contributed by atoms with Crippen molar-refractivity contribution >= 4 is 29.5 Å². The zero-order valence-electron chi connectivity index (χ0n) is 22.6. The molecule has 0 aliphatic rings. The first-order chi connectivity index (χ1) is 18.4. The molecule has 0 atom stereocenters. The number of hydrogen-bond acceptors (Lipinski definition) is 3. The minimum absolute atomic E-state index is 0.0135. The van der Waals surface area contributed by atoms with Crippen LogP contribution in [0.1, 0.15) is 37.1 Å². The van der Waals surface area contributed by atoms with Crippen molar-refractivity contribution < 1.29 is 14.3 Å². The van der Waals surface area contributed by atoms with Crippen LogP contribution < -0.4 is 0 Å². The largest absolute Gasteiger partial charge is 0.385 e. The Kier molecular flexibility index (Phi) is 11.7. The van der Waals surface area contributed by atoms with Crippen molar-refractivity contribution in [1.29, 1.82) is 0 Å². The highest BCUT2D eigenvalue weighted by Crippen LogP contribution is 2.19. The van der Waals surface area contributed by atoms with Crippen LogP contribution in [-0.4, -0.2) is 59.5 Å². The van der Waals surface area contributed by atoms with E-state index in [9.17, 15) is 9.59 Å². The van der Waals surface area contributed by atoms with E-state index in [4.69, 9.17) is 16.3 Å². The maximum absolute atomic E-state index is 13.6. The molecule has 0 aliphatic heterocycles. The quantitative estimate of drug-likeness (QED) is 0.195. The van der Waals surface area contributed by atoms with Crippen LogP contribution in [0.15, 0.2) is 79.0 Å². The molecule has 0 N–H and O–H groups in total. The summed E-state index contributed by atoms with van der Waals surface area (Å²) in [7, 11) is 1.63. The van der Waals surface area contributed by atoms with Gasteiger partial charge in [0.2, 0.25) is 11.8 Å². The SMILES string of the molecule is COCCCN(CC(=O)N(Cc1cccn1Cc1ccccc1Cl)CC(C)C)C(=O)C=Cc1ccccc1. The first kappa shape index (κ1) is 29.2. The molecule has 1 aromatic heterocycles. The number of ether oxygens (including phenoxy) is 1. The molecule has 3 rings (SSSR count). The molecule has 7 heteroatoms. The second kappa shape index (κ2) is 15.2. The third-order valence-corrected chi connectivity index (χ3v) is 6.51. The zero-order valence-corrected chi connectivity index (χ0v) is 23.3. The van der Waals surface area contributed by atoms with Crippen molar-refractivity contribution in [2.45, 2.75) is 33.4 Å². The molecule has 38 heavy (non-hydrogen) atoms. The minimum Gasteiger partial charge on any atom is -0.385 e. The molecule has 2 amide bonds. The molecule has 0 saturated carbocycles. The van der Waals surface area contributed by atoms with E-state index in [1.165, 1.54) is 6.08 Å². The van der Waals surface area contributed by atoms with Gasteiger partial charge in [0.15, 0.2) is 0 Å². The number of carbonyl (C=O) groups is 2. The maximum Gasteiger partial charge on any atom is 0.247 e. The van der Waals surface area contributed by atoms with Crippen molar-refractivity contribution in [2.75, 3.05) is 33.4 Å². The highest BCUT2D eigenvalue weighted by molar-refractivity contribution is 6.31. The molecule has 0 spiro atoms. The zero-order chi connectivity index (χ0) is 27.3. The van der Waals surface area contributed by atoms with Gasteiger partial charge in [-0.1, -0.05) is 74.0 Å². The van der Waals surface area contributed by atoms with E-state index in [0.717, 1.165) is 21.8 Å². The molecule has 3 aromatic rings. The van der Waals surface area contributed by atoms with E-state index in [0.29, 0.717) is 39.2 Å². The number of methoxy groups -OCH3 is 1. The Hall–Kier alpha value is -3.35. The maximum atomic E-state index is 13.6. The van der Waals surface area contributed by atoms with Gasteiger partial charge in [0, 0.05) is 56.3 Å². The first-order valence-corrected chi connectivity index (χ1v) is 13.4. The van der Waals surface area contributed by atoms with E-state index in [2.05, 4.69) is 18.4 Å². The Morgan fingerprint density at radius 2 is 1.74 bits per heavy atom. The smallest absolute Gasteiger partial charge is 0.247 e. The van der Waals surface area contributed by atoms with Gasteiger partial charge in [0.1, 0.15) is 6.54 Å². The van der Waals surface area contributed by atoms with E-state index in [-0.39, 0.29) is 24.3 Å². The molecule has 0 radical (unpaired) electrons. The van der Waals surface area contributed by atoms with Gasteiger partial charge >= 0.3 is 0 Å². The Bertz CT molecular complexity index is 1190. The standard InChI is InChI=1S/C31H38ClN3O3/c1-25(2)21-35(23-28-14-9-18-33(28)22-27-13-7-8-15-29(27)32)31(37)24-34(19-10-20-38-3)30(36)17-16-26-11-5-4-6-12-26/h4-9,11-18,25H,10,19-24H2,1-3H3. The molecule has 0 bridgehead atoms. The lowest BCUT2D eigenvalue weighted by Gasteiger charge is -2.29. The van der Waals surface area contributed by atoms with Gasteiger partial charge < -0.3 is 19.1 Å². The lowest BCUT2D eigenvalue weighted by atomic mass is 10.2. The number of rotatable bonds is 14. The summed E-state index contributed by atoms with van der Waals surface area (Å²) >= 11 is 6.39. The predicted molar refractivity (Wildman–Crippen MR) is 154 cm³/mol. The summed E-state index contributed by atoms with van der Waals surface area (Å²) < 4.78 is 7.30. The van der Waals surface area contributed by atoms with E-state index in [1.54, 1.807) is 18.1 Å². The van der Waals surface area contributed by atoms with Crippen LogP contribution in [0.2, 0.25) is 5.02 Å². The highest BCUT2D eigenvalue weighted by Gasteiger charge is 2.22. The number of amides is 2. The number of carbonyl (C=O) groups excluding carboxylic acids is 2. The molecule has 6 nitrogen and oxygen atoms in total. The van der Waals surface area contributed by atoms with Crippen LogP contribution >= 0.6 is 11.6 Å². The van der Waals surface area contributed by atoms with Crippen molar-refractivity contribution in [3.8, 4) is 0 Å². The number of nitrogens with zero attached hydrogens (tertiary/aromatic N) is 3. The summed E-state index contributed by atoms with van der Waals surface area (Å²) in [5, 5.41) is 0.719. The summed E-state index contributed by atoms with van der Waals surface area (Å²) in [6.45, 7) is 6.82. The summed E-state index contributed by atoms with van der Waals surface area (Å²) in [5.41, 5.74) is 2.97. The molecule has 0 aliphatic carbocycles. The predicted octanol–water partition coefficient (Wildman–Crippen LogP) is 5.75. The van der Waals surface area contributed by atoms with Crippen molar-refractivity contribution in [3.63, 3.8) is 0 Å². The summed E-state index contributed by atoms with van der Waals surface area (Å²) in [6, 6.07) is 21.5. The highest BCUT2D eigenvalue weighted by atomic mass is 35.5. The third kappa shape index (κ3) is 9.19. The van der Waals surface area contributed by atoms with Gasteiger partial charge in [-0.15, -0.1) is 0 Å². The van der Waals surface area contributed by atoms with Crippen LogP contribution in [-0.2, 0) is 27.4 Å². The van der Waals surface area contributed by atoms with E-state index in [1.807, 2.05) is 77.8 Å². The van der Waals surface area contributed by atoms with Gasteiger partial charge in [-0.3, -0.25) is 9.59 Å². The topological polar surface area (TPSA) is 54.8 Å². The van der Waals surface area contributed by atoms with E-state index < -0.39 is 0 Å². The van der Waals surface area contributed by atoms with Crippen molar-refractivity contribution in [2.24, 2.45) is 5.92 Å². The van der Waals surface area contributed by atoms with Gasteiger partial charge in [0.05, 0.1) is 6.54 Å². The van der Waals surface area contributed by atoms with Crippen LogP contribution in [0.3, 0.4) is 0 Å². The number of aromatic nitrogens is 1. The second-order valence-corrected chi connectivity index (χ2v) is 10.1. The molecule has 1 heterocycles. The Morgan fingerprint density at radius 3 is 2.45 bits per heavy atom. The number of halogens is 1. The molecular formula is C31H38ClN3O3. The van der Waals surface area contributed by atoms with Gasteiger partial charge in [-0.05, 0) is 47.7 Å². The van der Waals surface area contributed by atoms with Crippen molar-refractivity contribution in [3.05, 3.63) is 101 Å². The van der Waals surface area contributed by atoms with Crippen LogP contribution in [0, 0.1) is 5.92 Å². The number of benzene rings is 2. The fraction of sp³-hybridized carbons (Fsp3) is 0.355. The lowest BCUT2D eigenvalue weighted by molar-refractivity contribution is -0.139. The molecule has 0 fully saturated rings. The third-order valence-electron chi connectivity index (χ3n) is 6.15. The monoisotopic (exact) mass is 535 g/mol. The molecule has 0 unspecified atom stereocenters. The fourth-order valence-electron chi connectivity index (χ4n) is 4.22. The normalized spacial score (nSPS) is 11.3. The summed E-state index contributed by atoms with van der Waals surface area (Å²) in [6.07, 6.45) is 5.98. The molecule has 202 valence electrons. The van der Waals surface area contributed by atoms with E-state index >= 15 is 0 Å². The van der Waals surface area contributed by atoms with Gasteiger partial charge in [-0.2, -0.15) is 0 Å². The average molecular weight is 536 g/mol. The molecular weight excluding hydrogens is 498 g/mol. The first-order valence-electron chi connectivity index (χ1n) is 13.0.